The van der Waals surface area contributed by atoms with Gasteiger partial charge in [0.1, 0.15) is 0 Å². The molecule has 0 radical (unpaired) electrons. The summed E-state index contributed by atoms with van der Waals surface area (Å²) in [6.45, 7) is 0. The molecular formula is C39H31N3. The fourth-order valence-electron chi connectivity index (χ4n) is 7.08. The minimum Gasteiger partial charge on any atom is -0.208 e. The van der Waals surface area contributed by atoms with Gasteiger partial charge in [0, 0.05) is 22.1 Å². The Morgan fingerprint density at radius 2 is 0.857 bits per heavy atom. The maximum Gasteiger partial charge on any atom is 0.164 e. The largest absolute Gasteiger partial charge is 0.208 e. The molecule has 1 aromatic heterocycles. The Labute approximate surface area is 247 Å². The number of fused-ring (bicyclic) bond motifs is 5. The average Bonchev–Trinajstić information content (AvgIpc) is 3.34. The van der Waals surface area contributed by atoms with Crippen LogP contribution in [0.4, 0.5) is 0 Å². The van der Waals surface area contributed by atoms with Gasteiger partial charge in [0.05, 0.1) is 0 Å². The molecule has 8 rings (SSSR count). The van der Waals surface area contributed by atoms with Crippen LogP contribution in [0.25, 0.3) is 56.4 Å². The van der Waals surface area contributed by atoms with Gasteiger partial charge in [0.25, 0.3) is 0 Å². The quantitative estimate of drug-likeness (QED) is 0.223. The summed E-state index contributed by atoms with van der Waals surface area (Å²) >= 11 is 0. The van der Waals surface area contributed by atoms with Gasteiger partial charge in [-0.25, -0.2) is 15.0 Å². The zero-order valence-corrected chi connectivity index (χ0v) is 23.5. The molecule has 42 heavy (non-hydrogen) atoms. The van der Waals surface area contributed by atoms with Gasteiger partial charge in [0.2, 0.25) is 0 Å². The number of hydrogen-bond donors (Lipinski definition) is 0. The van der Waals surface area contributed by atoms with Crippen molar-refractivity contribution < 1.29 is 0 Å². The van der Waals surface area contributed by atoms with Crippen LogP contribution in [0.2, 0.25) is 0 Å². The molecule has 0 amide bonds. The normalized spacial score (nSPS) is 14.9. The molecule has 1 fully saturated rings. The van der Waals surface area contributed by atoms with Crippen LogP contribution in [0.5, 0.6) is 0 Å². The first kappa shape index (κ1) is 24.9. The van der Waals surface area contributed by atoms with Crippen LogP contribution in [0.1, 0.15) is 43.2 Å². The molecule has 0 N–H and O–H groups in total. The maximum atomic E-state index is 5.09. The van der Waals surface area contributed by atoms with Gasteiger partial charge < -0.3 is 0 Å². The first-order valence-corrected chi connectivity index (χ1v) is 15.0. The molecule has 2 aliphatic rings. The number of benzene rings is 5. The van der Waals surface area contributed by atoms with Gasteiger partial charge in [-0.3, -0.25) is 0 Å². The van der Waals surface area contributed by atoms with Crippen molar-refractivity contribution in [2.45, 2.75) is 37.5 Å². The summed E-state index contributed by atoms with van der Waals surface area (Å²) < 4.78 is 0. The number of nitrogens with zero attached hydrogens (tertiary/aromatic N) is 3. The van der Waals surface area contributed by atoms with Crippen LogP contribution in [-0.2, 0) is 5.41 Å². The molecule has 0 unspecified atom stereocenters. The minimum absolute atomic E-state index is 0.0889. The molecule has 1 heterocycles. The fourth-order valence-corrected chi connectivity index (χ4v) is 7.08. The third kappa shape index (κ3) is 4.16. The van der Waals surface area contributed by atoms with E-state index in [2.05, 4.69) is 103 Å². The Balaban J connectivity index is 1.26. The third-order valence-corrected chi connectivity index (χ3v) is 9.15. The lowest BCUT2D eigenvalue weighted by Crippen LogP contribution is -2.28. The van der Waals surface area contributed by atoms with Crippen molar-refractivity contribution in [2.24, 2.45) is 0 Å². The van der Waals surface area contributed by atoms with Crippen LogP contribution in [0.3, 0.4) is 0 Å². The Bertz CT molecular complexity index is 1890. The van der Waals surface area contributed by atoms with Crippen molar-refractivity contribution in [3.8, 4) is 56.4 Å². The number of rotatable bonds is 4. The fraction of sp³-hybridized carbons (Fsp3) is 0.154. The Morgan fingerprint density at radius 1 is 0.381 bits per heavy atom. The third-order valence-electron chi connectivity index (χ3n) is 9.15. The van der Waals surface area contributed by atoms with Crippen molar-refractivity contribution >= 4 is 0 Å². The second-order valence-corrected chi connectivity index (χ2v) is 11.6. The lowest BCUT2D eigenvalue weighted by atomic mass is 9.67. The standard InChI is InChI=1S/C39H31N3/c1-4-12-27(13-5-1)28-18-20-30(21-19-28)37-40-36(29-14-6-2-7-15-29)41-38(42-37)31-22-23-33-32-16-8-9-17-34(32)39(35(33)26-31)24-10-3-11-25-39/h1-2,4-9,12-23,26H,3,10-11,24-25H2. The Hall–Kier alpha value is -4.89. The molecule has 3 nitrogen and oxygen atoms in total. The van der Waals surface area contributed by atoms with Crippen LogP contribution in [0.15, 0.2) is 127 Å². The van der Waals surface area contributed by atoms with Crippen LogP contribution in [0, 0.1) is 0 Å². The van der Waals surface area contributed by atoms with E-state index in [9.17, 15) is 0 Å². The van der Waals surface area contributed by atoms with Crippen LogP contribution < -0.4 is 0 Å². The molecule has 0 saturated heterocycles. The maximum absolute atomic E-state index is 5.09. The summed E-state index contributed by atoms with van der Waals surface area (Å²) in [5, 5.41) is 0. The highest BCUT2D eigenvalue weighted by molar-refractivity contribution is 5.83. The second-order valence-electron chi connectivity index (χ2n) is 11.6. The SMILES string of the molecule is c1ccc(-c2ccc(-c3nc(-c4ccccc4)nc(-c4ccc5c(c4)C4(CCCCC4)c4ccccc4-5)n3)cc2)cc1. The predicted molar refractivity (Wildman–Crippen MR) is 171 cm³/mol. The predicted octanol–water partition coefficient (Wildman–Crippen LogP) is 9.77. The van der Waals surface area contributed by atoms with Gasteiger partial charge in [-0.15, -0.1) is 0 Å². The van der Waals surface area contributed by atoms with Crippen molar-refractivity contribution in [3.63, 3.8) is 0 Å². The zero-order chi connectivity index (χ0) is 27.9. The summed E-state index contributed by atoms with van der Waals surface area (Å²) in [4.78, 5) is 15.1. The molecule has 202 valence electrons. The van der Waals surface area contributed by atoms with Crippen LogP contribution >= 0.6 is 0 Å². The van der Waals surface area contributed by atoms with E-state index in [1.54, 1.807) is 0 Å². The van der Waals surface area contributed by atoms with Crippen LogP contribution in [-0.4, -0.2) is 15.0 Å². The average molecular weight is 542 g/mol. The van der Waals surface area contributed by atoms with Gasteiger partial charge >= 0.3 is 0 Å². The molecule has 0 aliphatic heterocycles. The second kappa shape index (κ2) is 10.2. The molecule has 6 aromatic rings. The molecule has 0 atom stereocenters. The first-order chi connectivity index (χ1) is 20.8. The molecule has 1 spiro atoms. The van der Waals surface area contributed by atoms with E-state index in [1.807, 2.05) is 24.3 Å². The lowest BCUT2D eigenvalue weighted by Gasteiger charge is -2.36. The summed E-state index contributed by atoms with van der Waals surface area (Å²) in [5.74, 6) is 2.10. The van der Waals surface area contributed by atoms with Gasteiger partial charge in [0.15, 0.2) is 17.5 Å². The van der Waals surface area contributed by atoms with E-state index in [4.69, 9.17) is 15.0 Å². The van der Waals surface area contributed by atoms with Crippen molar-refractivity contribution in [3.05, 3.63) is 139 Å². The van der Waals surface area contributed by atoms with Crippen molar-refractivity contribution in [1.82, 2.24) is 15.0 Å². The summed E-state index contributed by atoms with van der Waals surface area (Å²) in [6, 6.07) is 45.1. The molecule has 5 aromatic carbocycles. The molecule has 2 aliphatic carbocycles. The highest BCUT2D eigenvalue weighted by Gasteiger charge is 2.43. The van der Waals surface area contributed by atoms with E-state index in [1.165, 1.54) is 65.5 Å². The highest BCUT2D eigenvalue weighted by Crippen LogP contribution is 2.56. The Kier molecular flexibility index (Phi) is 6.03. The van der Waals surface area contributed by atoms with E-state index >= 15 is 0 Å². The number of hydrogen-bond acceptors (Lipinski definition) is 3. The topological polar surface area (TPSA) is 38.7 Å². The van der Waals surface area contributed by atoms with E-state index in [0.717, 1.165) is 22.5 Å². The van der Waals surface area contributed by atoms with Gasteiger partial charge in [-0.05, 0) is 52.3 Å². The summed E-state index contributed by atoms with van der Waals surface area (Å²) in [6.07, 6.45) is 6.26. The molecule has 1 saturated carbocycles. The zero-order valence-electron chi connectivity index (χ0n) is 23.5. The molecular weight excluding hydrogens is 510 g/mol. The monoisotopic (exact) mass is 541 g/mol. The van der Waals surface area contributed by atoms with Crippen molar-refractivity contribution in [1.29, 1.82) is 0 Å². The van der Waals surface area contributed by atoms with E-state index in [0.29, 0.717) is 11.6 Å². The Morgan fingerprint density at radius 3 is 1.55 bits per heavy atom. The van der Waals surface area contributed by atoms with Crippen molar-refractivity contribution in [2.75, 3.05) is 0 Å². The first-order valence-electron chi connectivity index (χ1n) is 15.0. The lowest BCUT2D eigenvalue weighted by molar-refractivity contribution is 0.353. The number of aromatic nitrogens is 3. The smallest absolute Gasteiger partial charge is 0.164 e. The van der Waals surface area contributed by atoms with E-state index in [-0.39, 0.29) is 5.41 Å². The van der Waals surface area contributed by atoms with E-state index < -0.39 is 0 Å². The summed E-state index contributed by atoms with van der Waals surface area (Å²) in [7, 11) is 0. The van der Waals surface area contributed by atoms with Gasteiger partial charge in [-0.1, -0.05) is 141 Å². The molecule has 0 bridgehead atoms. The summed E-state index contributed by atoms with van der Waals surface area (Å²) in [5.41, 5.74) is 11.2. The highest BCUT2D eigenvalue weighted by atomic mass is 15.0. The van der Waals surface area contributed by atoms with Gasteiger partial charge in [-0.2, -0.15) is 0 Å². The molecule has 3 heteroatoms. The minimum atomic E-state index is 0.0889.